The van der Waals surface area contributed by atoms with E-state index >= 15 is 0 Å². The highest BCUT2D eigenvalue weighted by molar-refractivity contribution is 7.45. The monoisotopic (exact) mass is 439 g/mol. The van der Waals surface area contributed by atoms with E-state index in [1.165, 1.54) is 32.1 Å². The van der Waals surface area contributed by atoms with E-state index in [0.717, 1.165) is 19.3 Å². The summed E-state index contributed by atoms with van der Waals surface area (Å²) >= 11 is 0. The summed E-state index contributed by atoms with van der Waals surface area (Å²) < 4.78 is 32.3. The van der Waals surface area contributed by atoms with Crippen molar-refractivity contribution in [2.24, 2.45) is 0 Å². The van der Waals surface area contributed by atoms with Crippen molar-refractivity contribution < 1.29 is 37.3 Å². The van der Waals surface area contributed by atoms with Gasteiger partial charge in [0, 0.05) is 0 Å². The Morgan fingerprint density at radius 2 is 1.55 bits per heavy atom. The van der Waals surface area contributed by atoms with Gasteiger partial charge in [0.15, 0.2) is 0 Å². The predicted octanol–water partition coefficient (Wildman–Crippen LogP) is 4.27. The number of hydrogen-bond donors (Lipinski definition) is 0. The van der Waals surface area contributed by atoms with E-state index in [4.69, 9.17) is 18.5 Å². The van der Waals surface area contributed by atoms with Crippen molar-refractivity contribution >= 4 is 14.0 Å². The summed E-state index contributed by atoms with van der Waals surface area (Å²) in [6.45, 7) is 4.36. The first-order valence-corrected chi connectivity index (χ1v) is 12.3. The van der Waals surface area contributed by atoms with Crippen molar-refractivity contribution in [3.8, 4) is 0 Å². The molecule has 8 nitrogen and oxygen atoms in total. The van der Waals surface area contributed by atoms with Gasteiger partial charge >= 0.3 is 6.16 Å². The third kappa shape index (κ3) is 19.1. The zero-order valence-electron chi connectivity index (χ0n) is 19.0. The topological polar surface area (TPSA) is 94.1 Å². The molecule has 0 aliphatic carbocycles. The number of phosphoric ester groups is 1. The molecule has 0 saturated carbocycles. The van der Waals surface area contributed by atoms with Gasteiger partial charge in [0.2, 0.25) is 0 Å². The van der Waals surface area contributed by atoms with Crippen LogP contribution in [0.15, 0.2) is 0 Å². The molecule has 0 heterocycles. The van der Waals surface area contributed by atoms with E-state index in [2.05, 4.69) is 6.92 Å². The fraction of sp³-hybridized carbons (Fsp3) is 0.950. The Kier molecular flexibility index (Phi) is 15.7. The average Bonchev–Trinajstić information content (AvgIpc) is 2.60. The Labute approximate surface area is 177 Å². The second-order valence-electron chi connectivity index (χ2n) is 8.28. The van der Waals surface area contributed by atoms with Gasteiger partial charge in [-0.2, -0.15) is 0 Å². The van der Waals surface area contributed by atoms with Gasteiger partial charge in [0.05, 0.1) is 34.4 Å². The smallest absolute Gasteiger partial charge is 0.508 e. The van der Waals surface area contributed by atoms with Crippen molar-refractivity contribution in [3.05, 3.63) is 0 Å². The molecule has 0 aromatic heterocycles. The molecular weight excluding hydrogens is 397 g/mol. The lowest BCUT2D eigenvalue weighted by Crippen LogP contribution is -2.37. The SMILES string of the molecule is CCCCCCCCCCC(COP(=O)([O-])OCC[N+](C)(C)C)OC(=O)OCC. The van der Waals surface area contributed by atoms with Crippen LogP contribution in [-0.4, -0.2) is 64.3 Å². The molecule has 0 aromatic rings. The van der Waals surface area contributed by atoms with E-state index < -0.39 is 20.1 Å². The van der Waals surface area contributed by atoms with Gasteiger partial charge in [0.25, 0.3) is 7.82 Å². The molecular formula is C20H42NO7P. The normalized spacial score (nSPS) is 15.0. The maximum Gasteiger partial charge on any atom is 0.508 e. The number of likely N-dealkylation sites (N-methyl/N-ethyl adjacent to an activating group) is 1. The molecule has 0 spiro atoms. The van der Waals surface area contributed by atoms with E-state index in [1.807, 2.05) is 21.1 Å². The van der Waals surface area contributed by atoms with Gasteiger partial charge in [0.1, 0.15) is 19.3 Å². The second kappa shape index (κ2) is 16.1. The van der Waals surface area contributed by atoms with Crippen molar-refractivity contribution in [1.82, 2.24) is 0 Å². The lowest BCUT2D eigenvalue weighted by atomic mass is 10.1. The van der Waals surface area contributed by atoms with Crippen molar-refractivity contribution in [3.63, 3.8) is 0 Å². The number of hydrogen-bond acceptors (Lipinski definition) is 7. The molecule has 0 N–H and O–H groups in total. The summed E-state index contributed by atoms with van der Waals surface area (Å²) in [6, 6.07) is 0. The maximum absolute atomic E-state index is 11.9. The average molecular weight is 440 g/mol. The van der Waals surface area contributed by atoms with Crippen LogP contribution in [0, 0.1) is 0 Å². The summed E-state index contributed by atoms with van der Waals surface area (Å²) in [4.78, 5) is 23.6. The minimum Gasteiger partial charge on any atom is -0.756 e. The van der Waals surface area contributed by atoms with Crippen LogP contribution in [0.3, 0.4) is 0 Å². The first-order valence-electron chi connectivity index (χ1n) is 10.8. The number of phosphoric acid groups is 1. The molecule has 174 valence electrons. The molecule has 2 atom stereocenters. The number of rotatable bonds is 18. The molecule has 0 fully saturated rings. The van der Waals surface area contributed by atoms with Crippen LogP contribution < -0.4 is 4.89 Å². The van der Waals surface area contributed by atoms with E-state index in [1.54, 1.807) is 6.92 Å². The quantitative estimate of drug-likeness (QED) is 0.136. The van der Waals surface area contributed by atoms with Crippen LogP contribution in [0.5, 0.6) is 0 Å². The largest absolute Gasteiger partial charge is 0.756 e. The number of carbonyl (C=O) groups is 1. The molecule has 0 rings (SSSR count). The second-order valence-corrected chi connectivity index (χ2v) is 9.69. The minimum absolute atomic E-state index is 0.0334. The van der Waals surface area contributed by atoms with Crippen LogP contribution >= 0.6 is 7.82 Å². The van der Waals surface area contributed by atoms with Crippen LogP contribution in [-0.2, 0) is 23.1 Å². The highest BCUT2D eigenvalue weighted by Gasteiger charge is 2.20. The predicted molar refractivity (Wildman–Crippen MR) is 112 cm³/mol. The highest BCUT2D eigenvalue weighted by Crippen LogP contribution is 2.38. The molecule has 2 unspecified atom stereocenters. The molecule has 0 radical (unpaired) electrons. The highest BCUT2D eigenvalue weighted by atomic mass is 31.2. The Balaban J connectivity index is 4.31. The fourth-order valence-electron chi connectivity index (χ4n) is 2.61. The number of quaternary nitrogens is 1. The summed E-state index contributed by atoms with van der Waals surface area (Å²) in [6.07, 6.45) is 8.18. The lowest BCUT2D eigenvalue weighted by molar-refractivity contribution is -0.870. The lowest BCUT2D eigenvalue weighted by Gasteiger charge is -2.28. The number of nitrogens with zero attached hydrogens (tertiary/aromatic N) is 1. The standard InChI is InChI=1S/C20H42NO7P/c1-6-8-9-10-11-12-13-14-15-19(28-20(22)25-7-2)18-27-29(23,24)26-17-16-21(3,4)5/h19H,6-18H2,1-5H3. The van der Waals surface area contributed by atoms with Gasteiger partial charge in [-0.05, 0) is 19.8 Å². The van der Waals surface area contributed by atoms with Crippen LogP contribution in [0.2, 0.25) is 0 Å². The third-order valence-corrected chi connectivity index (χ3v) is 5.30. The Morgan fingerprint density at radius 1 is 0.966 bits per heavy atom. The maximum atomic E-state index is 11.9. The van der Waals surface area contributed by atoms with Gasteiger partial charge < -0.3 is 27.9 Å². The minimum atomic E-state index is -4.44. The number of carbonyl (C=O) groups excluding carboxylic acids is 1. The van der Waals surface area contributed by atoms with Crippen molar-refractivity contribution in [2.75, 3.05) is 47.5 Å². The van der Waals surface area contributed by atoms with Gasteiger partial charge in [-0.3, -0.25) is 4.57 Å². The zero-order chi connectivity index (χ0) is 22.2. The summed E-state index contributed by atoms with van der Waals surface area (Å²) in [5.74, 6) is 0. The number of ether oxygens (including phenoxy) is 2. The summed E-state index contributed by atoms with van der Waals surface area (Å²) in [7, 11) is 1.37. The van der Waals surface area contributed by atoms with Crippen LogP contribution in [0.4, 0.5) is 4.79 Å². The first-order chi connectivity index (χ1) is 13.6. The van der Waals surface area contributed by atoms with E-state index in [9.17, 15) is 14.3 Å². The summed E-state index contributed by atoms with van der Waals surface area (Å²) in [5, 5.41) is 0. The Hall–Kier alpha value is -0.660. The molecule has 0 aliphatic heterocycles. The van der Waals surface area contributed by atoms with E-state index in [-0.39, 0.29) is 19.8 Å². The first kappa shape index (κ1) is 28.3. The van der Waals surface area contributed by atoms with Gasteiger partial charge in [-0.25, -0.2) is 4.79 Å². The molecule has 0 bridgehead atoms. The molecule has 0 amide bonds. The molecule has 29 heavy (non-hydrogen) atoms. The van der Waals surface area contributed by atoms with Crippen LogP contribution in [0.25, 0.3) is 0 Å². The molecule has 0 aromatic carbocycles. The zero-order valence-corrected chi connectivity index (χ0v) is 19.9. The molecule has 0 saturated heterocycles. The third-order valence-electron chi connectivity index (χ3n) is 4.33. The van der Waals surface area contributed by atoms with Gasteiger partial charge in [-0.15, -0.1) is 0 Å². The van der Waals surface area contributed by atoms with E-state index in [0.29, 0.717) is 17.4 Å². The van der Waals surface area contributed by atoms with Crippen molar-refractivity contribution in [2.45, 2.75) is 77.7 Å². The van der Waals surface area contributed by atoms with Crippen LogP contribution in [0.1, 0.15) is 71.6 Å². The Bertz CT molecular complexity index is 468. The Morgan fingerprint density at radius 3 is 2.10 bits per heavy atom. The van der Waals surface area contributed by atoms with Gasteiger partial charge in [-0.1, -0.05) is 51.9 Å². The summed E-state index contributed by atoms with van der Waals surface area (Å²) in [5.41, 5.74) is 0. The molecule has 9 heteroatoms. The number of unbranched alkanes of at least 4 members (excludes halogenated alkanes) is 7. The van der Waals surface area contributed by atoms with Crippen molar-refractivity contribution in [1.29, 1.82) is 0 Å². The fourth-order valence-corrected chi connectivity index (χ4v) is 3.34. The molecule has 0 aliphatic rings.